The summed E-state index contributed by atoms with van der Waals surface area (Å²) >= 11 is 12.2. The van der Waals surface area contributed by atoms with Gasteiger partial charge < -0.3 is 11.1 Å². The quantitative estimate of drug-likeness (QED) is 0.787. The van der Waals surface area contributed by atoms with Crippen LogP contribution in [0.4, 0.5) is 11.4 Å². The van der Waals surface area contributed by atoms with Crippen molar-refractivity contribution < 1.29 is 0 Å². The van der Waals surface area contributed by atoms with Gasteiger partial charge in [0.15, 0.2) is 0 Å². The summed E-state index contributed by atoms with van der Waals surface area (Å²) in [6, 6.07) is 3.41. The summed E-state index contributed by atoms with van der Waals surface area (Å²) in [5, 5.41) is 4.41. The highest BCUT2D eigenvalue weighted by molar-refractivity contribution is 6.39. The smallest absolute Gasteiger partial charge is 0.0720 e. The zero-order valence-electron chi connectivity index (χ0n) is 9.90. The van der Waals surface area contributed by atoms with E-state index in [1.54, 1.807) is 12.1 Å². The van der Waals surface area contributed by atoms with Crippen LogP contribution in [0, 0.1) is 5.41 Å². The van der Waals surface area contributed by atoms with Crippen molar-refractivity contribution in [2.24, 2.45) is 5.41 Å². The Balaban J connectivity index is 2.82. The predicted octanol–water partition coefficient (Wildman–Crippen LogP) is 4.42. The molecule has 0 saturated carbocycles. The minimum absolute atomic E-state index is 0.216. The zero-order valence-corrected chi connectivity index (χ0v) is 11.4. The van der Waals surface area contributed by atoms with Crippen molar-refractivity contribution in [1.82, 2.24) is 0 Å². The molecule has 1 aromatic rings. The van der Waals surface area contributed by atoms with E-state index in [4.69, 9.17) is 28.9 Å². The Hall–Kier alpha value is -0.600. The molecule has 0 saturated heterocycles. The van der Waals surface area contributed by atoms with Crippen LogP contribution in [0.2, 0.25) is 10.0 Å². The Morgan fingerprint density at radius 2 is 1.75 bits per heavy atom. The Morgan fingerprint density at radius 3 is 2.19 bits per heavy atom. The van der Waals surface area contributed by atoms with E-state index in [1.165, 1.54) is 0 Å². The van der Waals surface area contributed by atoms with Crippen molar-refractivity contribution in [2.45, 2.75) is 27.2 Å². The average molecular weight is 261 g/mol. The monoisotopic (exact) mass is 260 g/mol. The summed E-state index contributed by atoms with van der Waals surface area (Å²) < 4.78 is 0. The summed E-state index contributed by atoms with van der Waals surface area (Å²) in [6.45, 7) is 7.37. The number of benzene rings is 1. The molecule has 1 aromatic carbocycles. The second-order valence-electron chi connectivity index (χ2n) is 4.73. The second-order valence-corrected chi connectivity index (χ2v) is 5.55. The number of halogens is 2. The van der Waals surface area contributed by atoms with Crippen molar-refractivity contribution in [3.63, 3.8) is 0 Å². The molecule has 0 bridgehead atoms. The molecule has 0 radical (unpaired) electrons. The van der Waals surface area contributed by atoms with Crippen molar-refractivity contribution in [3.05, 3.63) is 22.2 Å². The van der Waals surface area contributed by atoms with Crippen molar-refractivity contribution >= 4 is 34.6 Å². The van der Waals surface area contributed by atoms with Crippen LogP contribution >= 0.6 is 23.2 Å². The molecule has 0 aliphatic heterocycles. The van der Waals surface area contributed by atoms with Crippen LogP contribution in [0.5, 0.6) is 0 Å². The SMILES string of the molecule is CCC(C)(C)CNc1c(Cl)cc(N)cc1Cl. The van der Waals surface area contributed by atoms with E-state index in [-0.39, 0.29) is 5.41 Å². The topological polar surface area (TPSA) is 38.0 Å². The third-order valence-electron chi connectivity index (χ3n) is 2.77. The van der Waals surface area contributed by atoms with Gasteiger partial charge in [-0.3, -0.25) is 0 Å². The van der Waals surface area contributed by atoms with Crippen LogP contribution < -0.4 is 11.1 Å². The van der Waals surface area contributed by atoms with Gasteiger partial charge in [0.1, 0.15) is 0 Å². The highest BCUT2D eigenvalue weighted by Gasteiger charge is 2.16. The molecule has 0 fully saturated rings. The van der Waals surface area contributed by atoms with E-state index < -0.39 is 0 Å². The third-order valence-corrected chi connectivity index (χ3v) is 3.36. The standard InChI is InChI=1S/C12H18Cl2N2/c1-4-12(2,3)7-16-11-9(13)5-8(15)6-10(11)14/h5-6,16H,4,7,15H2,1-3H3. The molecule has 90 valence electrons. The number of anilines is 2. The van der Waals surface area contributed by atoms with Gasteiger partial charge in [-0.05, 0) is 24.0 Å². The molecule has 3 N–H and O–H groups in total. The number of rotatable bonds is 4. The lowest BCUT2D eigenvalue weighted by molar-refractivity contribution is 0.377. The maximum Gasteiger partial charge on any atom is 0.0720 e. The van der Waals surface area contributed by atoms with Gasteiger partial charge in [0, 0.05) is 12.2 Å². The molecular weight excluding hydrogens is 243 g/mol. The molecule has 0 unspecified atom stereocenters. The van der Waals surface area contributed by atoms with Gasteiger partial charge in [-0.15, -0.1) is 0 Å². The summed E-state index contributed by atoms with van der Waals surface area (Å²) in [4.78, 5) is 0. The van der Waals surface area contributed by atoms with Crippen molar-refractivity contribution in [2.75, 3.05) is 17.6 Å². The molecule has 0 aromatic heterocycles. The van der Waals surface area contributed by atoms with E-state index in [9.17, 15) is 0 Å². The lowest BCUT2D eigenvalue weighted by atomic mass is 9.90. The van der Waals surface area contributed by atoms with Gasteiger partial charge >= 0.3 is 0 Å². The van der Waals surface area contributed by atoms with Gasteiger partial charge in [-0.25, -0.2) is 0 Å². The molecule has 0 spiro atoms. The van der Waals surface area contributed by atoms with Crippen LogP contribution in [0.3, 0.4) is 0 Å². The molecule has 0 atom stereocenters. The predicted molar refractivity (Wildman–Crippen MR) is 73.4 cm³/mol. The highest BCUT2D eigenvalue weighted by Crippen LogP contribution is 2.33. The maximum absolute atomic E-state index is 6.08. The number of nitrogens with two attached hydrogens (primary N) is 1. The Bertz CT molecular complexity index is 352. The minimum atomic E-state index is 0.216. The summed E-state index contributed by atoms with van der Waals surface area (Å²) in [7, 11) is 0. The molecule has 4 heteroatoms. The van der Waals surface area contributed by atoms with Gasteiger partial charge in [0.05, 0.1) is 15.7 Å². The van der Waals surface area contributed by atoms with Gasteiger partial charge in [0.2, 0.25) is 0 Å². The van der Waals surface area contributed by atoms with Gasteiger partial charge in [-0.2, -0.15) is 0 Å². The van der Waals surface area contributed by atoms with Crippen LogP contribution in [-0.4, -0.2) is 6.54 Å². The first kappa shape index (κ1) is 13.5. The first-order valence-electron chi connectivity index (χ1n) is 5.34. The fourth-order valence-corrected chi connectivity index (χ4v) is 1.85. The number of hydrogen-bond acceptors (Lipinski definition) is 2. The lowest BCUT2D eigenvalue weighted by Gasteiger charge is -2.24. The normalized spacial score (nSPS) is 11.6. The van der Waals surface area contributed by atoms with E-state index in [2.05, 4.69) is 26.1 Å². The Kier molecular flexibility index (Phi) is 4.34. The van der Waals surface area contributed by atoms with Crippen LogP contribution in [0.25, 0.3) is 0 Å². The average Bonchev–Trinajstić information content (AvgIpc) is 2.16. The molecule has 0 heterocycles. The molecule has 2 nitrogen and oxygen atoms in total. The fraction of sp³-hybridized carbons (Fsp3) is 0.500. The Morgan fingerprint density at radius 1 is 1.25 bits per heavy atom. The molecule has 16 heavy (non-hydrogen) atoms. The number of nitrogen functional groups attached to an aromatic ring is 1. The first-order chi connectivity index (χ1) is 7.35. The maximum atomic E-state index is 6.08. The van der Waals surface area contributed by atoms with Crippen LogP contribution in [0.15, 0.2) is 12.1 Å². The molecule has 0 aliphatic carbocycles. The van der Waals surface area contributed by atoms with Crippen LogP contribution in [0.1, 0.15) is 27.2 Å². The zero-order chi connectivity index (χ0) is 12.3. The van der Waals surface area contributed by atoms with Crippen LogP contribution in [-0.2, 0) is 0 Å². The molecule has 0 amide bonds. The summed E-state index contributed by atoms with van der Waals surface area (Å²) in [5.74, 6) is 0. The molecular formula is C12H18Cl2N2. The molecule has 0 aliphatic rings. The second kappa shape index (κ2) is 5.15. The molecule has 1 rings (SSSR count). The van der Waals surface area contributed by atoms with E-state index in [1.807, 2.05) is 0 Å². The minimum Gasteiger partial charge on any atom is -0.399 e. The summed E-state index contributed by atoms with van der Waals surface area (Å²) in [6.07, 6.45) is 1.09. The van der Waals surface area contributed by atoms with E-state index in [0.717, 1.165) is 18.7 Å². The highest BCUT2D eigenvalue weighted by atomic mass is 35.5. The van der Waals surface area contributed by atoms with Crippen molar-refractivity contribution in [1.29, 1.82) is 0 Å². The van der Waals surface area contributed by atoms with Crippen molar-refractivity contribution in [3.8, 4) is 0 Å². The van der Waals surface area contributed by atoms with Gasteiger partial charge in [-0.1, -0.05) is 44.0 Å². The number of nitrogens with one attached hydrogen (secondary N) is 1. The van der Waals surface area contributed by atoms with E-state index >= 15 is 0 Å². The van der Waals surface area contributed by atoms with E-state index in [0.29, 0.717) is 15.7 Å². The van der Waals surface area contributed by atoms with Gasteiger partial charge in [0.25, 0.3) is 0 Å². The Labute approximate surface area is 107 Å². The fourth-order valence-electron chi connectivity index (χ4n) is 1.21. The first-order valence-corrected chi connectivity index (χ1v) is 6.10. The lowest BCUT2D eigenvalue weighted by Crippen LogP contribution is -2.22. The third kappa shape index (κ3) is 3.46. The summed E-state index contributed by atoms with van der Waals surface area (Å²) in [5.41, 5.74) is 7.20. The largest absolute Gasteiger partial charge is 0.399 e. The number of hydrogen-bond donors (Lipinski definition) is 2.